The number of halogens is 1. The van der Waals surface area contributed by atoms with Crippen molar-refractivity contribution < 1.29 is 9.13 Å². The Hall–Kier alpha value is -1.88. The maximum Gasteiger partial charge on any atom is 0.165 e. The summed E-state index contributed by atoms with van der Waals surface area (Å²) >= 11 is 0. The molecule has 2 rings (SSSR count). The molecule has 5 heteroatoms. The van der Waals surface area contributed by atoms with Crippen LogP contribution in [-0.2, 0) is 20.2 Å². The van der Waals surface area contributed by atoms with E-state index in [1.807, 2.05) is 19.3 Å². The monoisotopic (exact) mass is 277 g/mol. The van der Waals surface area contributed by atoms with E-state index in [0.29, 0.717) is 19.2 Å². The third-order valence-corrected chi connectivity index (χ3v) is 2.86. The number of aromatic nitrogens is 2. The minimum atomic E-state index is -0.336. The van der Waals surface area contributed by atoms with E-state index in [2.05, 4.69) is 24.3 Å². The lowest BCUT2D eigenvalue weighted by Gasteiger charge is -2.10. The highest BCUT2D eigenvalue weighted by Crippen LogP contribution is 2.19. The summed E-state index contributed by atoms with van der Waals surface area (Å²) in [4.78, 5) is 0. The summed E-state index contributed by atoms with van der Waals surface area (Å²) in [5, 5.41) is 7.29. The highest BCUT2D eigenvalue weighted by atomic mass is 19.1. The fourth-order valence-electron chi connectivity index (χ4n) is 1.80. The van der Waals surface area contributed by atoms with Crippen molar-refractivity contribution in [2.75, 3.05) is 0 Å². The molecule has 1 heterocycles. The Labute approximate surface area is 118 Å². The molecular formula is C15H20FN3O. The van der Waals surface area contributed by atoms with Crippen molar-refractivity contribution in [1.82, 2.24) is 15.1 Å². The van der Waals surface area contributed by atoms with Crippen LogP contribution >= 0.6 is 0 Å². The molecule has 0 bridgehead atoms. The van der Waals surface area contributed by atoms with Gasteiger partial charge in [-0.15, -0.1) is 0 Å². The van der Waals surface area contributed by atoms with Crippen LogP contribution in [0.15, 0.2) is 30.6 Å². The van der Waals surface area contributed by atoms with Gasteiger partial charge in [-0.1, -0.05) is 19.9 Å². The van der Waals surface area contributed by atoms with Gasteiger partial charge in [0.05, 0.1) is 6.20 Å². The SMILES string of the molecule is CC(C)NCc1ccc(OCc2cnn(C)c2)c(F)c1. The first-order valence-corrected chi connectivity index (χ1v) is 6.66. The van der Waals surface area contributed by atoms with Gasteiger partial charge in [-0.2, -0.15) is 5.10 Å². The maximum atomic E-state index is 13.9. The molecule has 0 amide bonds. The normalized spacial score (nSPS) is 11.1. The highest BCUT2D eigenvalue weighted by Gasteiger charge is 2.06. The summed E-state index contributed by atoms with van der Waals surface area (Å²) in [6.45, 7) is 5.08. The number of hydrogen-bond donors (Lipinski definition) is 1. The summed E-state index contributed by atoms with van der Waals surface area (Å²) in [7, 11) is 1.83. The van der Waals surface area contributed by atoms with Gasteiger partial charge in [0.2, 0.25) is 0 Å². The number of aryl methyl sites for hydroxylation is 1. The Morgan fingerprint density at radius 2 is 2.15 bits per heavy atom. The zero-order valence-corrected chi connectivity index (χ0v) is 12.1. The van der Waals surface area contributed by atoms with Crippen LogP contribution in [0.2, 0.25) is 0 Å². The molecule has 0 atom stereocenters. The Kier molecular flexibility index (Phi) is 4.74. The molecule has 1 aromatic carbocycles. The van der Waals surface area contributed by atoms with E-state index in [4.69, 9.17) is 4.74 Å². The fraction of sp³-hybridized carbons (Fsp3) is 0.400. The van der Waals surface area contributed by atoms with Gasteiger partial charge < -0.3 is 10.1 Å². The van der Waals surface area contributed by atoms with Crippen molar-refractivity contribution >= 4 is 0 Å². The Bertz CT molecular complexity index is 566. The average molecular weight is 277 g/mol. The van der Waals surface area contributed by atoms with Crippen molar-refractivity contribution in [1.29, 1.82) is 0 Å². The molecule has 0 saturated heterocycles. The first-order valence-electron chi connectivity index (χ1n) is 6.66. The molecule has 4 nitrogen and oxygen atoms in total. The van der Waals surface area contributed by atoms with Gasteiger partial charge in [0, 0.05) is 31.4 Å². The predicted octanol–water partition coefficient (Wildman–Crippen LogP) is 2.64. The second-order valence-electron chi connectivity index (χ2n) is 5.11. The van der Waals surface area contributed by atoms with E-state index in [1.54, 1.807) is 16.9 Å². The molecule has 0 aliphatic rings. The van der Waals surface area contributed by atoms with E-state index in [9.17, 15) is 4.39 Å². The summed E-state index contributed by atoms with van der Waals surface area (Å²) < 4.78 is 21.1. The number of nitrogens with one attached hydrogen (secondary N) is 1. The lowest BCUT2D eigenvalue weighted by molar-refractivity contribution is 0.290. The molecule has 0 aliphatic heterocycles. The van der Waals surface area contributed by atoms with Gasteiger partial charge in [0.25, 0.3) is 0 Å². The van der Waals surface area contributed by atoms with Crippen LogP contribution < -0.4 is 10.1 Å². The summed E-state index contributed by atoms with van der Waals surface area (Å²) in [6.07, 6.45) is 3.55. The maximum absolute atomic E-state index is 13.9. The van der Waals surface area contributed by atoms with Crippen LogP contribution in [0.3, 0.4) is 0 Å². The quantitative estimate of drug-likeness (QED) is 0.882. The number of ether oxygens (including phenoxy) is 1. The first-order chi connectivity index (χ1) is 9.54. The van der Waals surface area contributed by atoms with Crippen molar-refractivity contribution in [2.45, 2.75) is 33.0 Å². The summed E-state index contributed by atoms with van der Waals surface area (Å²) in [6, 6.07) is 5.42. The molecule has 0 radical (unpaired) electrons. The average Bonchev–Trinajstić information content (AvgIpc) is 2.81. The minimum Gasteiger partial charge on any atom is -0.486 e. The molecule has 0 fully saturated rings. The van der Waals surface area contributed by atoms with E-state index in [0.717, 1.165) is 11.1 Å². The highest BCUT2D eigenvalue weighted by molar-refractivity contribution is 5.29. The molecule has 1 N–H and O–H groups in total. The molecule has 0 spiro atoms. The van der Waals surface area contributed by atoms with E-state index < -0.39 is 0 Å². The third kappa shape index (κ3) is 4.06. The second-order valence-corrected chi connectivity index (χ2v) is 5.11. The number of nitrogens with zero attached hydrogens (tertiary/aromatic N) is 2. The van der Waals surface area contributed by atoms with E-state index >= 15 is 0 Å². The largest absolute Gasteiger partial charge is 0.486 e. The molecule has 1 aromatic heterocycles. The van der Waals surface area contributed by atoms with Crippen LogP contribution in [-0.4, -0.2) is 15.8 Å². The molecule has 0 unspecified atom stereocenters. The summed E-state index contributed by atoms with van der Waals surface area (Å²) in [5.74, 6) is -0.0703. The molecule has 0 saturated carbocycles. The lowest BCUT2D eigenvalue weighted by atomic mass is 10.2. The molecule has 0 aliphatic carbocycles. The molecule has 108 valence electrons. The van der Waals surface area contributed by atoms with Crippen molar-refractivity contribution in [3.05, 3.63) is 47.5 Å². The van der Waals surface area contributed by atoms with Gasteiger partial charge in [-0.3, -0.25) is 4.68 Å². The van der Waals surface area contributed by atoms with Gasteiger partial charge in [-0.05, 0) is 17.7 Å². The van der Waals surface area contributed by atoms with Gasteiger partial charge in [-0.25, -0.2) is 4.39 Å². The minimum absolute atomic E-state index is 0.266. The smallest absolute Gasteiger partial charge is 0.165 e. The number of benzene rings is 1. The molecule has 2 aromatic rings. The predicted molar refractivity (Wildman–Crippen MR) is 75.9 cm³/mol. The Morgan fingerprint density at radius 1 is 1.35 bits per heavy atom. The molecular weight excluding hydrogens is 257 g/mol. The van der Waals surface area contributed by atoms with E-state index in [-0.39, 0.29) is 11.6 Å². The van der Waals surface area contributed by atoms with Crippen molar-refractivity contribution in [2.24, 2.45) is 7.05 Å². The van der Waals surface area contributed by atoms with Crippen LogP contribution in [0.4, 0.5) is 4.39 Å². The third-order valence-electron chi connectivity index (χ3n) is 2.86. The van der Waals surface area contributed by atoms with Gasteiger partial charge >= 0.3 is 0 Å². The number of hydrogen-bond acceptors (Lipinski definition) is 3. The van der Waals surface area contributed by atoms with Crippen LogP contribution in [0, 0.1) is 5.82 Å². The van der Waals surface area contributed by atoms with Crippen molar-refractivity contribution in [3.63, 3.8) is 0 Å². The topological polar surface area (TPSA) is 39.1 Å². The zero-order valence-electron chi connectivity index (χ0n) is 12.1. The zero-order chi connectivity index (χ0) is 14.5. The number of rotatable bonds is 6. The van der Waals surface area contributed by atoms with Crippen LogP contribution in [0.1, 0.15) is 25.0 Å². The Morgan fingerprint density at radius 3 is 2.75 bits per heavy atom. The van der Waals surface area contributed by atoms with Crippen LogP contribution in [0.5, 0.6) is 5.75 Å². The van der Waals surface area contributed by atoms with Crippen molar-refractivity contribution in [3.8, 4) is 5.75 Å². The lowest BCUT2D eigenvalue weighted by Crippen LogP contribution is -2.21. The second kappa shape index (κ2) is 6.52. The first kappa shape index (κ1) is 14.5. The summed E-state index contributed by atoms with van der Waals surface area (Å²) in [5.41, 5.74) is 1.82. The Balaban J connectivity index is 1.95. The molecule has 20 heavy (non-hydrogen) atoms. The standard InChI is InChI=1S/C15H20FN3O/c1-11(2)17-7-12-4-5-15(14(16)6-12)20-10-13-8-18-19(3)9-13/h4-6,8-9,11,17H,7,10H2,1-3H3. The van der Waals surface area contributed by atoms with Gasteiger partial charge in [0.1, 0.15) is 6.61 Å². The van der Waals surface area contributed by atoms with E-state index in [1.165, 1.54) is 6.07 Å². The fourth-order valence-corrected chi connectivity index (χ4v) is 1.80. The van der Waals surface area contributed by atoms with Gasteiger partial charge in [0.15, 0.2) is 11.6 Å². The van der Waals surface area contributed by atoms with Crippen LogP contribution in [0.25, 0.3) is 0 Å².